The molecular weight excluding hydrogens is 360 g/mol. The predicted molar refractivity (Wildman–Crippen MR) is 108 cm³/mol. The summed E-state index contributed by atoms with van der Waals surface area (Å²) in [7, 11) is 0. The minimum atomic E-state index is -0.0322. The summed E-state index contributed by atoms with van der Waals surface area (Å²) in [6.07, 6.45) is 2.83. The number of hydrogen-bond donors (Lipinski definition) is 1. The second-order valence-electron chi connectivity index (χ2n) is 8.04. The van der Waals surface area contributed by atoms with E-state index in [1.807, 2.05) is 28.0 Å². The first-order chi connectivity index (χ1) is 12.9. The smallest absolute Gasteiger partial charge is 0.254 e. The molecule has 1 saturated heterocycles. The molecule has 2 fully saturated rings. The first-order valence-corrected chi connectivity index (χ1v) is 10.5. The van der Waals surface area contributed by atoms with Crippen LogP contribution < -0.4 is 5.73 Å². The maximum atomic E-state index is 13.2. The average Bonchev–Trinajstić information content (AvgIpc) is 3.39. The van der Waals surface area contributed by atoms with Gasteiger partial charge in [-0.1, -0.05) is 25.2 Å². The van der Waals surface area contributed by atoms with E-state index in [1.165, 1.54) is 24.2 Å². The van der Waals surface area contributed by atoms with Gasteiger partial charge in [0.25, 0.3) is 5.91 Å². The van der Waals surface area contributed by atoms with Crippen molar-refractivity contribution in [2.24, 2.45) is 11.8 Å². The molecule has 2 amide bonds. The van der Waals surface area contributed by atoms with Gasteiger partial charge in [0, 0.05) is 31.6 Å². The molecule has 0 unspecified atom stereocenters. The van der Waals surface area contributed by atoms with E-state index in [4.69, 9.17) is 5.73 Å². The lowest BCUT2D eigenvalue weighted by atomic mass is 10.0. The molecule has 1 aromatic heterocycles. The van der Waals surface area contributed by atoms with E-state index in [9.17, 15) is 9.59 Å². The fourth-order valence-corrected chi connectivity index (χ4v) is 4.52. The Morgan fingerprint density at radius 1 is 1.37 bits per heavy atom. The zero-order chi connectivity index (χ0) is 19.1. The number of amides is 2. The zero-order valence-corrected chi connectivity index (χ0v) is 16.7. The summed E-state index contributed by atoms with van der Waals surface area (Å²) in [6, 6.07) is 5.62. The summed E-state index contributed by atoms with van der Waals surface area (Å²) < 4.78 is 0.978. The largest absolute Gasteiger partial charge is 0.375 e. The second kappa shape index (κ2) is 7.11. The Bertz CT molecular complexity index is 874. The molecule has 1 aliphatic carbocycles. The average molecular weight is 387 g/mol. The number of benzene rings is 1. The van der Waals surface area contributed by atoms with E-state index in [-0.39, 0.29) is 17.9 Å². The fourth-order valence-electron chi connectivity index (χ4n) is 3.81. The number of carbonyl (C=O) groups excluding carboxylic acids is 2. The van der Waals surface area contributed by atoms with Crippen LogP contribution in [0.4, 0.5) is 5.13 Å². The molecule has 2 aliphatic rings. The first-order valence-electron chi connectivity index (χ1n) is 9.67. The quantitative estimate of drug-likeness (QED) is 0.876. The summed E-state index contributed by atoms with van der Waals surface area (Å²) in [5.41, 5.74) is 7.14. The van der Waals surface area contributed by atoms with Crippen molar-refractivity contribution in [3.05, 3.63) is 23.8 Å². The van der Waals surface area contributed by atoms with Crippen LogP contribution in [0.5, 0.6) is 0 Å². The van der Waals surface area contributed by atoms with Crippen LogP contribution in [0.15, 0.2) is 18.2 Å². The van der Waals surface area contributed by atoms with Crippen molar-refractivity contribution in [1.82, 2.24) is 14.8 Å². The maximum absolute atomic E-state index is 13.2. The number of fused-ring (bicyclic) bond motifs is 1. The van der Waals surface area contributed by atoms with Gasteiger partial charge in [0.2, 0.25) is 5.91 Å². The highest BCUT2D eigenvalue weighted by Crippen LogP contribution is 2.32. The molecule has 0 radical (unpaired) electrons. The van der Waals surface area contributed by atoms with E-state index in [1.54, 1.807) is 0 Å². The number of anilines is 1. The van der Waals surface area contributed by atoms with Gasteiger partial charge in [-0.15, -0.1) is 0 Å². The standard InChI is InChI=1S/C20H26N4O2S/c1-12(2)16-11-23(8-7-18(25)24(16)10-13-3-4-13)19(26)14-5-6-17-15(9-14)22-20(21)27-17/h5-6,9,12-13,16H,3-4,7-8,10-11H2,1-2H3,(H2,21,22)/t16-/m0/s1. The minimum absolute atomic E-state index is 0.0322. The first kappa shape index (κ1) is 18.2. The number of nitrogen functional groups attached to an aromatic ring is 1. The number of nitrogens with two attached hydrogens (primary N) is 1. The Morgan fingerprint density at radius 3 is 2.85 bits per heavy atom. The van der Waals surface area contributed by atoms with Crippen molar-refractivity contribution in [1.29, 1.82) is 0 Å². The summed E-state index contributed by atoms with van der Waals surface area (Å²) in [6.45, 7) is 6.17. The van der Waals surface area contributed by atoms with E-state index >= 15 is 0 Å². The van der Waals surface area contributed by atoms with Crippen LogP contribution in [0.2, 0.25) is 0 Å². The van der Waals surface area contributed by atoms with Crippen LogP contribution in [-0.2, 0) is 4.79 Å². The molecule has 2 aromatic rings. The maximum Gasteiger partial charge on any atom is 0.254 e. The number of rotatable bonds is 4. The molecule has 1 saturated carbocycles. The number of thiazole rings is 1. The molecule has 1 aliphatic heterocycles. The Labute approximate surface area is 163 Å². The highest BCUT2D eigenvalue weighted by molar-refractivity contribution is 7.22. The third-order valence-corrected chi connectivity index (χ3v) is 6.45. The van der Waals surface area contributed by atoms with Gasteiger partial charge in [-0.05, 0) is 42.9 Å². The van der Waals surface area contributed by atoms with Crippen LogP contribution in [0, 0.1) is 11.8 Å². The predicted octanol–water partition coefficient (Wildman–Crippen LogP) is 2.99. The van der Waals surface area contributed by atoms with Crippen molar-refractivity contribution in [2.45, 2.75) is 39.2 Å². The van der Waals surface area contributed by atoms with Gasteiger partial charge >= 0.3 is 0 Å². The molecule has 1 atom stereocenters. The van der Waals surface area contributed by atoms with Crippen LogP contribution in [0.3, 0.4) is 0 Å². The molecule has 7 heteroatoms. The van der Waals surface area contributed by atoms with Crippen molar-refractivity contribution < 1.29 is 9.59 Å². The van der Waals surface area contributed by atoms with Gasteiger partial charge in [0.15, 0.2) is 5.13 Å². The summed E-state index contributed by atoms with van der Waals surface area (Å²) in [5.74, 6) is 1.10. The lowest BCUT2D eigenvalue weighted by molar-refractivity contribution is -0.133. The van der Waals surface area contributed by atoms with Gasteiger partial charge < -0.3 is 15.5 Å². The molecule has 4 rings (SSSR count). The lowest BCUT2D eigenvalue weighted by Gasteiger charge is -2.34. The normalized spacial score (nSPS) is 21.1. The van der Waals surface area contributed by atoms with Gasteiger partial charge in [0.1, 0.15) is 0 Å². The van der Waals surface area contributed by atoms with Crippen molar-refractivity contribution in [3.8, 4) is 0 Å². The van der Waals surface area contributed by atoms with Gasteiger partial charge in [-0.25, -0.2) is 4.98 Å². The Morgan fingerprint density at radius 2 is 2.15 bits per heavy atom. The monoisotopic (exact) mass is 386 g/mol. The Hall–Kier alpha value is -2.15. The van der Waals surface area contributed by atoms with Gasteiger partial charge in [0.05, 0.1) is 16.3 Å². The SMILES string of the molecule is CC(C)[C@@H]1CN(C(=O)c2ccc3sc(N)nc3c2)CCC(=O)N1CC1CC1. The molecule has 6 nitrogen and oxygen atoms in total. The molecule has 2 N–H and O–H groups in total. The third-order valence-electron chi connectivity index (χ3n) is 5.58. The molecular formula is C20H26N4O2S. The zero-order valence-electron chi connectivity index (χ0n) is 15.9. The Kier molecular flexibility index (Phi) is 4.80. The number of carbonyl (C=O) groups is 2. The molecule has 27 heavy (non-hydrogen) atoms. The second-order valence-corrected chi connectivity index (χ2v) is 9.10. The molecule has 0 bridgehead atoms. The van der Waals surface area contributed by atoms with E-state index < -0.39 is 0 Å². The molecule has 144 valence electrons. The van der Waals surface area contributed by atoms with Crippen molar-refractivity contribution in [3.63, 3.8) is 0 Å². The van der Waals surface area contributed by atoms with Crippen LogP contribution in [-0.4, -0.2) is 52.3 Å². The van der Waals surface area contributed by atoms with Crippen LogP contribution in [0.1, 0.15) is 43.5 Å². The van der Waals surface area contributed by atoms with E-state index in [2.05, 4.69) is 18.8 Å². The third kappa shape index (κ3) is 3.78. The lowest BCUT2D eigenvalue weighted by Crippen LogP contribution is -2.48. The topological polar surface area (TPSA) is 79.5 Å². The van der Waals surface area contributed by atoms with Crippen molar-refractivity contribution in [2.75, 3.05) is 25.4 Å². The molecule has 0 spiro atoms. The van der Waals surface area contributed by atoms with Crippen LogP contribution >= 0.6 is 11.3 Å². The van der Waals surface area contributed by atoms with Gasteiger partial charge in [-0.3, -0.25) is 9.59 Å². The number of aromatic nitrogens is 1. The highest BCUT2D eigenvalue weighted by atomic mass is 32.1. The van der Waals surface area contributed by atoms with E-state index in [0.29, 0.717) is 42.0 Å². The Balaban J connectivity index is 1.57. The fraction of sp³-hybridized carbons (Fsp3) is 0.550. The molecule has 2 heterocycles. The summed E-state index contributed by atoms with van der Waals surface area (Å²) in [4.78, 5) is 34.1. The summed E-state index contributed by atoms with van der Waals surface area (Å²) >= 11 is 1.42. The minimum Gasteiger partial charge on any atom is -0.375 e. The van der Waals surface area contributed by atoms with Crippen molar-refractivity contribution >= 4 is 38.5 Å². The molecule has 1 aromatic carbocycles. The number of nitrogens with zero attached hydrogens (tertiary/aromatic N) is 3. The number of hydrogen-bond acceptors (Lipinski definition) is 5. The highest BCUT2D eigenvalue weighted by Gasteiger charge is 2.36. The summed E-state index contributed by atoms with van der Waals surface area (Å²) in [5, 5.41) is 0.505. The van der Waals surface area contributed by atoms with Crippen LogP contribution in [0.25, 0.3) is 10.2 Å². The van der Waals surface area contributed by atoms with E-state index in [0.717, 1.165) is 16.8 Å². The van der Waals surface area contributed by atoms with Gasteiger partial charge in [-0.2, -0.15) is 0 Å².